The monoisotopic (exact) mass is 435 g/mol. The number of aryl methyl sites for hydroxylation is 2. The van der Waals surface area contributed by atoms with Crippen molar-refractivity contribution in [2.45, 2.75) is 13.8 Å². The summed E-state index contributed by atoms with van der Waals surface area (Å²) in [4.78, 5) is 12.0. The lowest BCUT2D eigenvalue weighted by atomic mass is 10.1. The molecule has 0 fully saturated rings. The molecule has 0 radical (unpaired) electrons. The third-order valence-corrected chi connectivity index (χ3v) is 4.86. The van der Waals surface area contributed by atoms with Gasteiger partial charge in [-0.15, -0.1) is 15.3 Å². The molecule has 164 valence electrons. The van der Waals surface area contributed by atoms with E-state index >= 15 is 0 Å². The molecule has 0 saturated heterocycles. The molecular weight excluding hydrogens is 413 g/mol. The highest BCUT2D eigenvalue weighted by Gasteiger charge is 2.11. The van der Waals surface area contributed by atoms with Crippen LogP contribution in [0, 0.1) is 19.7 Å². The van der Waals surface area contributed by atoms with Gasteiger partial charge in [-0.3, -0.25) is 4.79 Å². The van der Waals surface area contributed by atoms with Crippen molar-refractivity contribution in [3.63, 3.8) is 0 Å². The van der Waals surface area contributed by atoms with Gasteiger partial charge in [0.1, 0.15) is 18.2 Å². The molecule has 9 heteroatoms. The molecule has 0 aliphatic heterocycles. The summed E-state index contributed by atoms with van der Waals surface area (Å²) in [6.07, 6.45) is 0. The van der Waals surface area contributed by atoms with E-state index in [2.05, 4.69) is 20.6 Å². The minimum Gasteiger partial charge on any atom is -0.484 e. The predicted octanol–water partition coefficient (Wildman–Crippen LogP) is 3.12. The number of ether oxygens (including phenoxy) is 2. The molecule has 4 rings (SSSR count). The zero-order valence-corrected chi connectivity index (χ0v) is 17.7. The lowest BCUT2D eigenvalue weighted by Gasteiger charge is -2.10. The summed E-state index contributed by atoms with van der Waals surface area (Å²) >= 11 is 0. The molecule has 1 N–H and O–H groups in total. The summed E-state index contributed by atoms with van der Waals surface area (Å²) in [7, 11) is 0. The Morgan fingerprint density at radius 1 is 1.00 bits per heavy atom. The van der Waals surface area contributed by atoms with Crippen LogP contribution < -0.4 is 14.8 Å². The van der Waals surface area contributed by atoms with Crippen molar-refractivity contribution in [3.05, 3.63) is 71.5 Å². The number of hydrogen-bond donors (Lipinski definition) is 1. The van der Waals surface area contributed by atoms with Crippen LogP contribution in [0.3, 0.4) is 0 Å². The van der Waals surface area contributed by atoms with Crippen LogP contribution in [0.5, 0.6) is 11.6 Å². The Labute approximate surface area is 184 Å². The molecule has 1 amide bonds. The van der Waals surface area contributed by atoms with Crippen molar-refractivity contribution in [1.82, 2.24) is 25.1 Å². The number of fused-ring (bicyclic) bond motifs is 1. The SMILES string of the molecule is Cc1ccc(OCC(=O)NCCOc2ccc3nnc(-c4ccc(F)cc4)n3n2)cc1C. The van der Waals surface area contributed by atoms with Crippen LogP contribution in [-0.2, 0) is 4.79 Å². The van der Waals surface area contributed by atoms with Crippen LogP contribution in [0.15, 0.2) is 54.6 Å². The van der Waals surface area contributed by atoms with Gasteiger partial charge in [0.2, 0.25) is 5.88 Å². The highest BCUT2D eigenvalue weighted by Crippen LogP contribution is 2.19. The predicted molar refractivity (Wildman–Crippen MR) is 116 cm³/mol. The van der Waals surface area contributed by atoms with Crippen LogP contribution in [0.4, 0.5) is 4.39 Å². The minimum atomic E-state index is -0.332. The average Bonchev–Trinajstić information content (AvgIpc) is 3.21. The van der Waals surface area contributed by atoms with Crippen molar-refractivity contribution in [1.29, 1.82) is 0 Å². The molecule has 2 aromatic heterocycles. The molecule has 32 heavy (non-hydrogen) atoms. The van der Waals surface area contributed by atoms with E-state index in [0.29, 0.717) is 35.2 Å². The van der Waals surface area contributed by atoms with Gasteiger partial charge in [-0.05, 0) is 67.4 Å². The van der Waals surface area contributed by atoms with E-state index in [1.165, 1.54) is 22.2 Å². The van der Waals surface area contributed by atoms with Crippen LogP contribution in [0.25, 0.3) is 17.0 Å². The first kappa shape index (κ1) is 21.2. The summed E-state index contributed by atoms with van der Waals surface area (Å²) < 4.78 is 25.9. The van der Waals surface area contributed by atoms with Crippen molar-refractivity contribution in [3.8, 4) is 23.0 Å². The largest absolute Gasteiger partial charge is 0.484 e. The van der Waals surface area contributed by atoms with Gasteiger partial charge in [0.05, 0.1) is 6.54 Å². The third-order valence-electron chi connectivity index (χ3n) is 4.86. The number of carbonyl (C=O) groups excluding carboxylic acids is 1. The van der Waals surface area contributed by atoms with E-state index in [0.717, 1.165) is 5.56 Å². The average molecular weight is 435 g/mol. The van der Waals surface area contributed by atoms with Gasteiger partial charge in [-0.25, -0.2) is 4.39 Å². The van der Waals surface area contributed by atoms with E-state index in [1.807, 2.05) is 32.0 Å². The standard InChI is InChI=1S/C23H22FN5O3/c1-15-3-8-19(13-16(15)2)32-14-21(30)25-11-12-31-22-10-9-20-26-27-23(29(20)28-22)17-4-6-18(24)7-5-17/h3-10,13H,11-12,14H2,1-2H3,(H,25,30). The van der Waals surface area contributed by atoms with Crippen molar-refractivity contribution in [2.24, 2.45) is 0 Å². The Morgan fingerprint density at radius 2 is 1.81 bits per heavy atom. The number of halogens is 1. The van der Waals surface area contributed by atoms with Gasteiger partial charge < -0.3 is 14.8 Å². The van der Waals surface area contributed by atoms with Gasteiger partial charge in [0.25, 0.3) is 5.91 Å². The molecule has 0 bridgehead atoms. The quantitative estimate of drug-likeness (QED) is 0.428. The molecule has 8 nitrogen and oxygen atoms in total. The van der Waals surface area contributed by atoms with Crippen LogP contribution >= 0.6 is 0 Å². The van der Waals surface area contributed by atoms with Gasteiger partial charge in [-0.2, -0.15) is 4.52 Å². The molecule has 0 atom stereocenters. The zero-order valence-electron chi connectivity index (χ0n) is 17.7. The number of nitrogens with one attached hydrogen (secondary N) is 1. The van der Waals surface area contributed by atoms with Gasteiger partial charge in [-0.1, -0.05) is 6.07 Å². The molecule has 0 unspecified atom stereocenters. The molecule has 0 saturated carbocycles. The molecule has 0 aliphatic rings. The molecule has 2 aromatic carbocycles. The van der Waals surface area contributed by atoms with E-state index in [1.54, 1.807) is 24.3 Å². The maximum Gasteiger partial charge on any atom is 0.258 e. The van der Waals surface area contributed by atoms with Crippen molar-refractivity contribution in [2.75, 3.05) is 19.8 Å². The fourth-order valence-corrected chi connectivity index (χ4v) is 2.98. The summed E-state index contributed by atoms with van der Waals surface area (Å²) in [6, 6.07) is 15.0. The fourth-order valence-electron chi connectivity index (χ4n) is 2.98. The Balaban J connectivity index is 1.28. The number of hydrogen-bond acceptors (Lipinski definition) is 6. The van der Waals surface area contributed by atoms with Crippen molar-refractivity contribution >= 4 is 11.6 Å². The van der Waals surface area contributed by atoms with E-state index in [-0.39, 0.29) is 24.9 Å². The van der Waals surface area contributed by atoms with Gasteiger partial charge >= 0.3 is 0 Å². The van der Waals surface area contributed by atoms with Crippen molar-refractivity contribution < 1.29 is 18.7 Å². The lowest BCUT2D eigenvalue weighted by molar-refractivity contribution is -0.123. The topological polar surface area (TPSA) is 90.6 Å². The smallest absolute Gasteiger partial charge is 0.258 e. The zero-order chi connectivity index (χ0) is 22.5. The number of amides is 1. The highest BCUT2D eigenvalue weighted by atomic mass is 19.1. The Morgan fingerprint density at radius 3 is 2.59 bits per heavy atom. The highest BCUT2D eigenvalue weighted by molar-refractivity contribution is 5.77. The van der Waals surface area contributed by atoms with E-state index in [4.69, 9.17) is 9.47 Å². The molecule has 4 aromatic rings. The maximum absolute atomic E-state index is 13.2. The first-order chi connectivity index (χ1) is 15.5. The number of rotatable bonds is 8. The second-order valence-electron chi connectivity index (χ2n) is 7.21. The van der Waals surface area contributed by atoms with Crippen LogP contribution in [0.1, 0.15) is 11.1 Å². The minimum absolute atomic E-state index is 0.0750. The van der Waals surface area contributed by atoms with Crippen LogP contribution in [0.2, 0.25) is 0 Å². The number of nitrogens with zero attached hydrogens (tertiary/aromatic N) is 4. The fraction of sp³-hybridized carbons (Fsp3) is 0.217. The Kier molecular flexibility index (Phi) is 6.25. The Hall–Kier alpha value is -4.01. The first-order valence-electron chi connectivity index (χ1n) is 10.1. The first-order valence-corrected chi connectivity index (χ1v) is 10.1. The second-order valence-corrected chi connectivity index (χ2v) is 7.21. The lowest BCUT2D eigenvalue weighted by Crippen LogP contribution is -2.32. The van der Waals surface area contributed by atoms with Gasteiger partial charge in [0.15, 0.2) is 18.1 Å². The number of carbonyl (C=O) groups is 1. The Bertz CT molecular complexity index is 1240. The van der Waals surface area contributed by atoms with E-state index < -0.39 is 0 Å². The third kappa shape index (κ3) is 5.00. The summed E-state index contributed by atoms with van der Waals surface area (Å²) in [6.45, 7) is 4.46. The van der Waals surface area contributed by atoms with Gasteiger partial charge in [0, 0.05) is 11.6 Å². The molecule has 0 aliphatic carbocycles. The summed E-state index contributed by atoms with van der Waals surface area (Å²) in [5.41, 5.74) is 3.49. The van der Waals surface area contributed by atoms with E-state index in [9.17, 15) is 9.18 Å². The van der Waals surface area contributed by atoms with Crippen LogP contribution in [-0.4, -0.2) is 45.5 Å². The molecule has 0 spiro atoms. The molecular formula is C23H22FN5O3. The summed E-state index contributed by atoms with van der Waals surface area (Å²) in [5, 5.41) is 15.3. The number of benzene rings is 2. The summed E-state index contributed by atoms with van der Waals surface area (Å²) in [5.74, 6) is 0.903. The maximum atomic E-state index is 13.2. The molecule has 2 heterocycles. The normalized spacial score (nSPS) is 10.8. The number of aromatic nitrogens is 4. The second kappa shape index (κ2) is 9.42.